The molecule has 0 fully saturated rings. The monoisotopic (exact) mass is 505 g/mol. The number of furan rings is 1. The van der Waals surface area contributed by atoms with Crippen molar-refractivity contribution in [3.05, 3.63) is 128 Å². The van der Waals surface area contributed by atoms with Crippen molar-refractivity contribution in [2.75, 3.05) is 16.5 Å². The highest BCUT2D eigenvalue weighted by Crippen LogP contribution is 2.37. The number of fused-ring (bicyclic) bond motifs is 7. The summed E-state index contributed by atoms with van der Waals surface area (Å²) in [6.07, 6.45) is 6.03. The van der Waals surface area contributed by atoms with Crippen molar-refractivity contribution in [3.63, 3.8) is 0 Å². The second-order valence-electron chi connectivity index (χ2n) is 9.75. The predicted molar refractivity (Wildman–Crippen MR) is 158 cm³/mol. The van der Waals surface area contributed by atoms with Gasteiger partial charge in [0.05, 0.1) is 18.4 Å². The van der Waals surface area contributed by atoms with Crippen LogP contribution in [0.5, 0.6) is 11.5 Å². The molecule has 0 atom stereocenters. The Hall–Kier alpha value is -5.29. The van der Waals surface area contributed by atoms with Crippen molar-refractivity contribution in [1.29, 1.82) is 0 Å². The zero-order valence-electron chi connectivity index (χ0n) is 21.0. The molecule has 0 radical (unpaired) electrons. The molecule has 0 bridgehead atoms. The first-order chi connectivity index (χ1) is 19.3. The lowest BCUT2D eigenvalue weighted by atomic mass is 10.0. The minimum Gasteiger partial charge on any atom is -0.457 e. The van der Waals surface area contributed by atoms with Gasteiger partial charge in [-0.2, -0.15) is 0 Å². The molecule has 1 aliphatic rings. The molecule has 5 aromatic carbocycles. The van der Waals surface area contributed by atoms with E-state index >= 15 is 0 Å². The first-order valence-corrected chi connectivity index (χ1v) is 13.0. The van der Waals surface area contributed by atoms with Crippen LogP contribution < -0.4 is 14.5 Å². The number of nitrogens with zero attached hydrogens (tertiary/aromatic N) is 3. The average Bonchev–Trinajstić information content (AvgIpc) is 3.63. The molecule has 0 amide bonds. The van der Waals surface area contributed by atoms with Crippen molar-refractivity contribution >= 4 is 55.0 Å². The molecule has 0 N–H and O–H groups in total. The van der Waals surface area contributed by atoms with Crippen LogP contribution in [0.3, 0.4) is 0 Å². The molecule has 0 spiro atoms. The molecule has 8 rings (SSSR count). The summed E-state index contributed by atoms with van der Waals surface area (Å²) in [5.41, 5.74) is 4.85. The van der Waals surface area contributed by atoms with Gasteiger partial charge < -0.3 is 19.0 Å². The third-order valence-electron chi connectivity index (χ3n) is 7.37. The van der Waals surface area contributed by atoms with Crippen molar-refractivity contribution in [2.45, 2.75) is 0 Å². The summed E-state index contributed by atoms with van der Waals surface area (Å²) in [7, 11) is 0. The van der Waals surface area contributed by atoms with E-state index in [0.29, 0.717) is 0 Å². The number of pyridine rings is 1. The first kappa shape index (κ1) is 21.8. The topological polar surface area (TPSA) is 41.7 Å². The number of rotatable bonds is 4. The van der Waals surface area contributed by atoms with Crippen LogP contribution in [0.1, 0.15) is 0 Å². The molecule has 0 unspecified atom stereocenters. The van der Waals surface area contributed by atoms with Crippen molar-refractivity contribution in [2.24, 2.45) is 0 Å². The van der Waals surface area contributed by atoms with E-state index < -0.39 is 0 Å². The highest BCUT2D eigenvalue weighted by molar-refractivity contribution is 6.22. The number of benzene rings is 5. The smallest absolute Gasteiger partial charge is 0.154 e. The van der Waals surface area contributed by atoms with Crippen molar-refractivity contribution in [1.82, 2.24) is 4.98 Å². The van der Waals surface area contributed by atoms with E-state index in [1.807, 2.05) is 48.7 Å². The summed E-state index contributed by atoms with van der Waals surface area (Å²) in [4.78, 5) is 9.24. The molecule has 0 saturated carbocycles. The molecular formula is C34H23N3O2. The lowest BCUT2D eigenvalue weighted by Crippen LogP contribution is -2.24. The van der Waals surface area contributed by atoms with E-state index in [9.17, 15) is 0 Å². The van der Waals surface area contributed by atoms with Gasteiger partial charge in [-0.1, -0.05) is 60.7 Å². The van der Waals surface area contributed by atoms with E-state index in [0.717, 1.165) is 67.5 Å². The minimum absolute atomic E-state index is 0.748. The fraction of sp³-hybridized carbons (Fsp3) is 0.0294. The third-order valence-corrected chi connectivity index (χ3v) is 7.37. The first-order valence-electron chi connectivity index (χ1n) is 13.0. The average molecular weight is 506 g/mol. The van der Waals surface area contributed by atoms with E-state index in [2.05, 4.69) is 88.9 Å². The largest absolute Gasteiger partial charge is 0.457 e. The SMILES string of the molecule is C1=CN(c2cccc(Oc3ccc4ccc5c(ncc6oc7ccccc7c65)c4c3)c2)CN1c1ccccc1. The molecule has 2 aromatic heterocycles. The molecule has 3 heterocycles. The van der Waals surface area contributed by atoms with Crippen molar-refractivity contribution < 1.29 is 9.15 Å². The maximum absolute atomic E-state index is 6.38. The van der Waals surface area contributed by atoms with Gasteiger partial charge in [-0.25, -0.2) is 0 Å². The molecule has 5 heteroatoms. The van der Waals surface area contributed by atoms with Crippen LogP contribution in [0.2, 0.25) is 0 Å². The second kappa shape index (κ2) is 8.64. The Morgan fingerprint density at radius 1 is 0.615 bits per heavy atom. The van der Waals surface area contributed by atoms with E-state index in [1.165, 1.54) is 5.69 Å². The Morgan fingerprint density at radius 3 is 2.31 bits per heavy atom. The number of ether oxygens (including phenoxy) is 1. The predicted octanol–water partition coefficient (Wildman–Crippen LogP) is 8.83. The normalized spacial score (nSPS) is 13.3. The van der Waals surface area contributed by atoms with Gasteiger partial charge in [0.15, 0.2) is 5.58 Å². The quantitative estimate of drug-likeness (QED) is 0.224. The Balaban J connectivity index is 1.13. The standard InChI is InChI=1S/C34H23N3O2/c1-2-7-24(8-3-1)36-17-18-37(22-36)25-9-6-10-26(19-25)38-27-15-13-23-14-16-29-33-28-11-4-5-12-31(28)39-32(33)21-35-34(29)30(23)20-27/h1-21H,22H2. The summed E-state index contributed by atoms with van der Waals surface area (Å²) >= 11 is 0. The summed E-state index contributed by atoms with van der Waals surface area (Å²) in [6.45, 7) is 0.748. The van der Waals surface area contributed by atoms with Gasteiger partial charge >= 0.3 is 0 Å². The highest BCUT2D eigenvalue weighted by atomic mass is 16.5. The van der Waals surface area contributed by atoms with Crippen LogP contribution >= 0.6 is 0 Å². The maximum Gasteiger partial charge on any atom is 0.154 e. The summed E-state index contributed by atoms with van der Waals surface area (Å²) in [6, 6.07) is 37.2. The van der Waals surface area contributed by atoms with Gasteiger partial charge in [0.1, 0.15) is 17.1 Å². The van der Waals surface area contributed by atoms with E-state index in [1.54, 1.807) is 0 Å². The molecular weight excluding hydrogens is 482 g/mol. The molecule has 7 aromatic rings. The number of para-hydroxylation sites is 2. The third kappa shape index (κ3) is 3.67. The molecule has 0 aliphatic carbocycles. The molecule has 0 saturated heterocycles. The summed E-state index contributed by atoms with van der Waals surface area (Å²) in [5, 5.41) is 5.44. The second-order valence-corrected chi connectivity index (χ2v) is 9.75. The molecule has 39 heavy (non-hydrogen) atoms. The van der Waals surface area contributed by atoms with Crippen LogP contribution in [-0.2, 0) is 0 Å². The number of anilines is 2. The summed E-state index contributed by atoms with van der Waals surface area (Å²) in [5.74, 6) is 1.56. The fourth-order valence-corrected chi connectivity index (χ4v) is 5.48. The van der Waals surface area contributed by atoms with Crippen LogP contribution in [-0.4, -0.2) is 11.7 Å². The Bertz CT molecular complexity index is 2050. The van der Waals surface area contributed by atoms with Gasteiger partial charge in [-0.05, 0) is 47.9 Å². The summed E-state index contributed by atoms with van der Waals surface area (Å²) < 4.78 is 12.4. The number of hydrogen-bond donors (Lipinski definition) is 0. The van der Waals surface area contributed by atoms with Gasteiger partial charge in [0.25, 0.3) is 0 Å². The fourth-order valence-electron chi connectivity index (χ4n) is 5.48. The minimum atomic E-state index is 0.748. The lowest BCUT2D eigenvalue weighted by molar-refractivity contribution is 0.483. The van der Waals surface area contributed by atoms with Gasteiger partial charge in [0, 0.05) is 51.4 Å². The molecule has 5 nitrogen and oxygen atoms in total. The van der Waals surface area contributed by atoms with E-state index in [4.69, 9.17) is 14.1 Å². The zero-order valence-corrected chi connectivity index (χ0v) is 21.0. The number of hydrogen-bond acceptors (Lipinski definition) is 5. The van der Waals surface area contributed by atoms with Crippen LogP contribution in [0.15, 0.2) is 132 Å². The highest BCUT2D eigenvalue weighted by Gasteiger charge is 2.16. The van der Waals surface area contributed by atoms with Gasteiger partial charge in [0.2, 0.25) is 0 Å². The van der Waals surface area contributed by atoms with Gasteiger partial charge in [-0.3, -0.25) is 4.98 Å². The Morgan fingerprint density at radius 2 is 1.38 bits per heavy atom. The van der Waals surface area contributed by atoms with Crippen LogP contribution in [0.25, 0.3) is 43.6 Å². The zero-order chi connectivity index (χ0) is 25.8. The molecule has 186 valence electrons. The van der Waals surface area contributed by atoms with Crippen molar-refractivity contribution in [3.8, 4) is 11.5 Å². The van der Waals surface area contributed by atoms with Crippen LogP contribution in [0, 0.1) is 0 Å². The Kier molecular flexibility index (Phi) is 4.82. The maximum atomic E-state index is 6.38. The van der Waals surface area contributed by atoms with E-state index in [-0.39, 0.29) is 0 Å². The van der Waals surface area contributed by atoms with Gasteiger partial charge in [-0.15, -0.1) is 0 Å². The molecule has 1 aliphatic heterocycles. The van der Waals surface area contributed by atoms with Crippen LogP contribution in [0.4, 0.5) is 11.4 Å². The Labute approximate surface area is 224 Å². The lowest BCUT2D eigenvalue weighted by Gasteiger charge is -2.22. The number of aromatic nitrogens is 1.